The molecule has 0 saturated carbocycles. The summed E-state index contributed by atoms with van der Waals surface area (Å²) in [7, 11) is 0. The smallest absolute Gasteiger partial charge is 0.343 e. The van der Waals surface area contributed by atoms with Crippen molar-refractivity contribution in [3.05, 3.63) is 37.9 Å². The highest BCUT2D eigenvalue weighted by Gasteiger charge is 2.14. The first-order chi connectivity index (χ1) is 8.15. The Balaban J connectivity index is 2.67. The van der Waals surface area contributed by atoms with Crippen LogP contribution < -0.4 is 5.43 Å². The Morgan fingerprint density at radius 1 is 1.53 bits per heavy atom. The highest BCUT2D eigenvalue weighted by atomic mass is 127. The van der Waals surface area contributed by atoms with Crippen molar-refractivity contribution in [1.82, 2.24) is 9.97 Å². The molecule has 0 amide bonds. The van der Waals surface area contributed by atoms with Crippen molar-refractivity contribution in [2.24, 2.45) is 0 Å². The minimum atomic E-state index is -0.616. The fraction of sp³-hybridized carbons (Fsp3) is 0.182. The largest absolute Gasteiger partial charge is 0.462 e. The predicted octanol–water partition coefficient (Wildman–Crippen LogP) is 1.70. The summed E-state index contributed by atoms with van der Waals surface area (Å²) in [6, 6.07) is 0. The zero-order chi connectivity index (χ0) is 12.4. The van der Waals surface area contributed by atoms with E-state index in [2.05, 4.69) is 32.6 Å². The van der Waals surface area contributed by atoms with Gasteiger partial charge in [0.2, 0.25) is 5.43 Å². The van der Waals surface area contributed by atoms with Gasteiger partial charge in [0.05, 0.1) is 21.1 Å². The van der Waals surface area contributed by atoms with Crippen LogP contribution in [0.25, 0.3) is 10.9 Å². The molecule has 0 aliphatic rings. The minimum absolute atomic E-state index is 0.00292. The van der Waals surface area contributed by atoms with Gasteiger partial charge in [0.1, 0.15) is 5.56 Å². The van der Waals surface area contributed by atoms with Crippen molar-refractivity contribution >= 4 is 39.5 Å². The van der Waals surface area contributed by atoms with Crippen molar-refractivity contribution in [2.45, 2.75) is 6.92 Å². The van der Waals surface area contributed by atoms with E-state index in [4.69, 9.17) is 4.74 Å². The molecule has 0 aliphatic carbocycles. The second-order valence-electron chi connectivity index (χ2n) is 3.30. The van der Waals surface area contributed by atoms with E-state index in [0.717, 1.165) is 3.57 Å². The lowest BCUT2D eigenvalue weighted by molar-refractivity contribution is 0.0524. The number of hydrogen-bond acceptors (Lipinski definition) is 4. The number of halogens is 1. The molecular weight excluding hydrogens is 335 g/mol. The van der Waals surface area contributed by atoms with E-state index in [1.165, 1.54) is 12.4 Å². The summed E-state index contributed by atoms with van der Waals surface area (Å²) in [6.07, 6.45) is 4.47. The number of carbonyl (C=O) groups is 1. The minimum Gasteiger partial charge on any atom is -0.462 e. The van der Waals surface area contributed by atoms with E-state index in [0.29, 0.717) is 10.9 Å². The van der Waals surface area contributed by atoms with E-state index in [1.54, 1.807) is 13.1 Å². The number of hydrogen-bond donors (Lipinski definition) is 1. The molecule has 5 nitrogen and oxygen atoms in total. The maximum absolute atomic E-state index is 12.0. The van der Waals surface area contributed by atoms with Crippen LogP contribution in [0.5, 0.6) is 0 Å². The van der Waals surface area contributed by atoms with Crippen LogP contribution in [0, 0.1) is 3.57 Å². The summed E-state index contributed by atoms with van der Waals surface area (Å²) in [5, 5.41) is 0.391. The quantitative estimate of drug-likeness (QED) is 0.665. The van der Waals surface area contributed by atoms with E-state index < -0.39 is 5.97 Å². The molecule has 0 fully saturated rings. The molecule has 0 aliphatic heterocycles. The maximum atomic E-state index is 12.0. The van der Waals surface area contributed by atoms with Gasteiger partial charge in [-0.2, -0.15) is 0 Å². The number of fused-ring (bicyclic) bond motifs is 1. The molecule has 0 saturated heterocycles. The molecule has 2 heterocycles. The molecule has 0 atom stereocenters. The van der Waals surface area contributed by atoms with Crippen molar-refractivity contribution in [1.29, 1.82) is 0 Å². The zero-order valence-corrected chi connectivity index (χ0v) is 11.1. The monoisotopic (exact) mass is 344 g/mol. The van der Waals surface area contributed by atoms with Gasteiger partial charge in [-0.1, -0.05) is 0 Å². The molecule has 88 valence electrons. The van der Waals surface area contributed by atoms with Crippen LogP contribution in [-0.2, 0) is 4.74 Å². The lowest BCUT2D eigenvalue weighted by atomic mass is 10.2. The van der Waals surface area contributed by atoms with Crippen molar-refractivity contribution < 1.29 is 9.53 Å². The third kappa shape index (κ3) is 2.17. The van der Waals surface area contributed by atoms with Crippen molar-refractivity contribution in [2.75, 3.05) is 6.61 Å². The van der Waals surface area contributed by atoms with Crippen molar-refractivity contribution in [3.63, 3.8) is 0 Å². The van der Waals surface area contributed by atoms with E-state index in [1.807, 2.05) is 0 Å². The Labute approximate surface area is 110 Å². The van der Waals surface area contributed by atoms with Crippen LogP contribution in [-0.4, -0.2) is 22.5 Å². The SMILES string of the molecule is CCOC(=O)c1c[nH]c2c(I)cncc2c1=O. The number of pyridine rings is 2. The number of aromatic amines is 1. The van der Waals surface area contributed by atoms with Crippen molar-refractivity contribution in [3.8, 4) is 0 Å². The first-order valence-electron chi connectivity index (χ1n) is 4.97. The fourth-order valence-corrected chi connectivity index (χ4v) is 2.08. The zero-order valence-electron chi connectivity index (χ0n) is 8.99. The van der Waals surface area contributed by atoms with Gasteiger partial charge >= 0.3 is 5.97 Å². The van der Waals surface area contributed by atoms with Gasteiger partial charge in [-0.15, -0.1) is 0 Å². The molecule has 0 unspecified atom stereocenters. The second kappa shape index (κ2) is 4.82. The first kappa shape index (κ1) is 12.0. The summed E-state index contributed by atoms with van der Waals surface area (Å²) in [6.45, 7) is 1.93. The van der Waals surface area contributed by atoms with Gasteiger partial charge in [0.15, 0.2) is 0 Å². The maximum Gasteiger partial charge on any atom is 0.343 e. The summed E-state index contributed by atoms with van der Waals surface area (Å²) in [5.41, 5.74) is 0.324. The van der Waals surface area contributed by atoms with E-state index in [-0.39, 0.29) is 17.6 Å². The normalized spacial score (nSPS) is 10.5. The average Bonchev–Trinajstić information content (AvgIpc) is 2.31. The molecule has 17 heavy (non-hydrogen) atoms. The van der Waals surface area contributed by atoms with Crippen LogP contribution in [0.3, 0.4) is 0 Å². The standard InChI is InChI=1S/C11H9IN2O3/c1-2-17-11(16)7-4-14-9-6(10(7)15)3-13-5-8(9)12/h3-5H,2H2,1H3,(H,14,15). The van der Waals surface area contributed by atoms with E-state index in [9.17, 15) is 9.59 Å². The Morgan fingerprint density at radius 3 is 3.00 bits per heavy atom. The number of H-pyrrole nitrogens is 1. The van der Waals surface area contributed by atoms with E-state index >= 15 is 0 Å². The van der Waals surface area contributed by atoms with Crippen LogP contribution in [0.15, 0.2) is 23.4 Å². The van der Waals surface area contributed by atoms with Gasteiger partial charge in [-0.05, 0) is 29.5 Å². The molecule has 2 aromatic heterocycles. The summed E-state index contributed by atoms with van der Waals surface area (Å²) in [5.74, 6) is -0.616. The highest BCUT2D eigenvalue weighted by Crippen LogP contribution is 2.14. The molecule has 0 spiro atoms. The number of nitrogens with one attached hydrogen (secondary N) is 1. The highest BCUT2D eigenvalue weighted by molar-refractivity contribution is 14.1. The second-order valence-corrected chi connectivity index (χ2v) is 4.46. The number of carbonyl (C=O) groups excluding carboxylic acids is 1. The summed E-state index contributed by atoms with van der Waals surface area (Å²) < 4.78 is 5.63. The molecule has 0 aromatic carbocycles. The molecule has 6 heteroatoms. The van der Waals surface area contributed by atoms with Gasteiger partial charge in [0, 0.05) is 18.6 Å². The van der Waals surface area contributed by atoms with Crippen LogP contribution >= 0.6 is 22.6 Å². The van der Waals surface area contributed by atoms with Crippen LogP contribution in [0.2, 0.25) is 0 Å². The first-order valence-corrected chi connectivity index (χ1v) is 6.05. The van der Waals surface area contributed by atoms with Crippen LogP contribution in [0.1, 0.15) is 17.3 Å². The number of esters is 1. The average molecular weight is 344 g/mol. The lowest BCUT2D eigenvalue weighted by Crippen LogP contribution is -2.18. The van der Waals surface area contributed by atoms with Gasteiger partial charge in [-0.3, -0.25) is 9.78 Å². The summed E-state index contributed by atoms with van der Waals surface area (Å²) >= 11 is 2.07. The van der Waals surface area contributed by atoms with Gasteiger partial charge in [-0.25, -0.2) is 4.79 Å². The van der Waals surface area contributed by atoms with Gasteiger partial charge < -0.3 is 9.72 Å². The number of aromatic nitrogens is 2. The number of ether oxygens (including phenoxy) is 1. The Hall–Kier alpha value is -1.44. The number of nitrogens with zero attached hydrogens (tertiary/aromatic N) is 1. The fourth-order valence-electron chi connectivity index (χ4n) is 1.47. The number of rotatable bonds is 2. The predicted molar refractivity (Wildman–Crippen MR) is 71.0 cm³/mol. The molecule has 2 rings (SSSR count). The molecule has 1 N–H and O–H groups in total. The topological polar surface area (TPSA) is 72.1 Å². The third-order valence-electron chi connectivity index (χ3n) is 2.25. The van der Waals surface area contributed by atoms with Gasteiger partial charge in [0.25, 0.3) is 0 Å². The third-order valence-corrected chi connectivity index (χ3v) is 3.06. The molecular formula is C11H9IN2O3. The Morgan fingerprint density at radius 2 is 2.29 bits per heavy atom. The molecule has 0 bridgehead atoms. The Kier molecular flexibility index (Phi) is 3.41. The van der Waals surface area contributed by atoms with Crippen LogP contribution in [0.4, 0.5) is 0 Å². The summed E-state index contributed by atoms with van der Waals surface area (Å²) in [4.78, 5) is 30.4. The Bertz CT molecular complexity index is 636. The molecule has 0 radical (unpaired) electrons. The lowest BCUT2D eigenvalue weighted by Gasteiger charge is -2.03. The molecule has 2 aromatic rings.